The molecule has 0 fully saturated rings. The summed E-state index contributed by atoms with van der Waals surface area (Å²) in [5, 5.41) is 64.8. The lowest BCUT2D eigenvalue weighted by Gasteiger charge is -2.22. The first kappa shape index (κ1) is 51.3. The Balaban J connectivity index is 2.96. The van der Waals surface area contributed by atoms with E-state index in [0.717, 1.165) is 0 Å². The molecule has 0 aliphatic carbocycles. The van der Waals surface area contributed by atoms with Crippen molar-refractivity contribution < 1.29 is 83.4 Å². The summed E-state index contributed by atoms with van der Waals surface area (Å²) in [5.74, 6) is -14.3. The number of carbonyl (C=O) groups excluding carboxylic acids is 5. The zero-order valence-electron chi connectivity index (χ0n) is 31.8. The van der Waals surface area contributed by atoms with Crippen LogP contribution >= 0.6 is 21.6 Å². The van der Waals surface area contributed by atoms with Crippen LogP contribution < -0.4 is 21.3 Å². The van der Waals surface area contributed by atoms with Gasteiger partial charge in [-0.05, 0) is 31.2 Å². The van der Waals surface area contributed by atoms with Crippen LogP contribution in [0.4, 0.5) is 4.79 Å². The van der Waals surface area contributed by atoms with Crippen LogP contribution in [0.15, 0.2) is 30.3 Å². The number of aliphatic carboxylic acids is 6. The van der Waals surface area contributed by atoms with Crippen molar-refractivity contribution in [2.75, 3.05) is 11.5 Å². The number of carboxylic acid groups (broad SMARTS) is 6. The molecular weight excluding hydrogens is 825 g/mol. The molecule has 4 amide bonds. The predicted octanol–water partition coefficient (Wildman–Crippen LogP) is 1.03. The number of amides is 4. The van der Waals surface area contributed by atoms with Gasteiger partial charge in [0, 0.05) is 49.5 Å². The molecule has 0 aliphatic heterocycles. The molecule has 0 saturated heterocycles. The summed E-state index contributed by atoms with van der Waals surface area (Å²) < 4.78 is 0. The first-order chi connectivity index (χ1) is 27.7. The third-order valence-corrected chi connectivity index (χ3v) is 10.9. The summed E-state index contributed by atoms with van der Waals surface area (Å²) in [7, 11) is 2.60. The van der Waals surface area contributed by atoms with Gasteiger partial charge in [-0.3, -0.25) is 33.6 Å². The molecule has 10 N–H and O–H groups in total. The van der Waals surface area contributed by atoms with Crippen molar-refractivity contribution in [3.05, 3.63) is 35.9 Å². The van der Waals surface area contributed by atoms with E-state index in [9.17, 15) is 78.3 Å². The Morgan fingerprint density at radius 2 is 1.14 bits per heavy atom. The fraction of sp³-hybridized carbons (Fsp3) is 0.528. The molecule has 6 atom stereocenters. The first-order valence-electron chi connectivity index (χ1n) is 18.1. The van der Waals surface area contributed by atoms with Gasteiger partial charge in [-0.1, -0.05) is 58.8 Å². The molecule has 326 valence electrons. The van der Waals surface area contributed by atoms with E-state index in [0.29, 0.717) is 11.3 Å². The third-order valence-electron chi connectivity index (χ3n) is 8.41. The zero-order chi connectivity index (χ0) is 44.7. The highest BCUT2D eigenvalue weighted by Gasteiger charge is 2.33. The second-order valence-corrected chi connectivity index (χ2v) is 15.8. The third kappa shape index (κ3) is 21.6. The van der Waals surface area contributed by atoms with Gasteiger partial charge in [0.15, 0.2) is 5.78 Å². The standard InChI is InChI=1S/C36H48N4O17S2/c1-2-58-59-18-26(35(55)56)38-31(48)21(14-19-6-4-3-5-7-19)16-27(42)25(17-30(46)47)37-28(43)12-8-20(32(49)50)15-22(41)9-10-23(33(51)52)39-36(57)40-24(34(53)54)11-13-29(44)45/h3-7,20-21,23-26H,2,8-18H2,1H3,(H,37,43)(H,38,48)(H,44,45)(H,46,47)(H,49,50)(H,51,52)(H,53,54)(H,55,56)(H2,39,40,57)/t20-,21-,23?,24+,25+,26+/m1/s1. The van der Waals surface area contributed by atoms with E-state index >= 15 is 0 Å². The Labute approximate surface area is 345 Å². The number of carbonyl (C=O) groups is 11. The van der Waals surface area contributed by atoms with Crippen molar-refractivity contribution in [1.29, 1.82) is 0 Å². The number of Topliss-reactive ketones (excluding diaryl/α,β-unsaturated/α-hetero) is 2. The van der Waals surface area contributed by atoms with Gasteiger partial charge >= 0.3 is 41.8 Å². The molecule has 1 rings (SSSR count). The van der Waals surface area contributed by atoms with E-state index in [1.165, 1.54) is 21.6 Å². The highest BCUT2D eigenvalue weighted by Crippen LogP contribution is 2.22. The van der Waals surface area contributed by atoms with Crippen molar-refractivity contribution in [3.63, 3.8) is 0 Å². The van der Waals surface area contributed by atoms with Crippen LogP contribution in [-0.4, -0.2) is 132 Å². The molecule has 23 heteroatoms. The van der Waals surface area contributed by atoms with Gasteiger partial charge in [-0.25, -0.2) is 19.2 Å². The number of nitrogens with one attached hydrogen (secondary N) is 4. The normalized spacial score (nSPS) is 13.8. The predicted molar refractivity (Wildman–Crippen MR) is 208 cm³/mol. The number of carboxylic acids is 6. The number of rotatable bonds is 31. The molecule has 0 aliphatic rings. The average molecular weight is 873 g/mol. The quantitative estimate of drug-likeness (QED) is 0.0368. The lowest BCUT2D eigenvalue weighted by atomic mass is 9.90. The van der Waals surface area contributed by atoms with Crippen LogP contribution in [0.1, 0.15) is 70.3 Å². The number of benzene rings is 1. The lowest BCUT2D eigenvalue weighted by Crippen LogP contribution is -2.51. The molecule has 21 nitrogen and oxygen atoms in total. The van der Waals surface area contributed by atoms with Crippen molar-refractivity contribution in [2.45, 2.75) is 95.3 Å². The summed E-state index contributed by atoms with van der Waals surface area (Å²) in [6, 6.07) is 0.720. The summed E-state index contributed by atoms with van der Waals surface area (Å²) in [5.41, 5.74) is 0.607. The second-order valence-electron chi connectivity index (χ2n) is 13.1. The number of hydrogen-bond donors (Lipinski definition) is 10. The zero-order valence-corrected chi connectivity index (χ0v) is 33.5. The SMILES string of the molecule is CCSSC[C@H](NC(=O)[C@@H](CC(=O)[C@H](CC(=O)O)NC(=O)CC[C@H](CC(=O)CCC(NC(=O)N[C@@H](CCC(=O)O)C(=O)O)C(=O)O)C(=O)O)Cc1ccccc1)C(=O)O. The minimum absolute atomic E-state index is 0.0142. The molecule has 59 heavy (non-hydrogen) atoms. The topological polar surface area (TPSA) is 357 Å². The van der Waals surface area contributed by atoms with Gasteiger partial charge in [-0.15, -0.1) is 0 Å². The minimum atomic E-state index is -1.74. The summed E-state index contributed by atoms with van der Waals surface area (Å²) in [6.07, 6.45) is -5.62. The van der Waals surface area contributed by atoms with E-state index in [1.54, 1.807) is 30.3 Å². The maximum absolute atomic E-state index is 13.5. The van der Waals surface area contributed by atoms with Crippen molar-refractivity contribution in [3.8, 4) is 0 Å². The van der Waals surface area contributed by atoms with Crippen molar-refractivity contribution in [2.24, 2.45) is 11.8 Å². The van der Waals surface area contributed by atoms with E-state index in [1.807, 2.05) is 17.6 Å². The summed E-state index contributed by atoms with van der Waals surface area (Å²) in [4.78, 5) is 134. The Morgan fingerprint density at radius 3 is 1.64 bits per heavy atom. The van der Waals surface area contributed by atoms with Crippen molar-refractivity contribution >= 4 is 86.8 Å². The molecule has 0 aromatic heterocycles. The Hall–Kier alpha value is -5.71. The van der Waals surface area contributed by atoms with E-state index in [2.05, 4.69) is 10.6 Å². The fourth-order valence-electron chi connectivity index (χ4n) is 5.33. The Bertz CT molecular complexity index is 1680. The first-order valence-corrected chi connectivity index (χ1v) is 20.6. The smallest absolute Gasteiger partial charge is 0.327 e. The van der Waals surface area contributed by atoms with Crippen LogP contribution in [0.2, 0.25) is 0 Å². The Kier molecular flexibility index (Phi) is 23.5. The van der Waals surface area contributed by atoms with Gasteiger partial charge in [0.2, 0.25) is 11.8 Å². The highest BCUT2D eigenvalue weighted by atomic mass is 33.1. The van der Waals surface area contributed by atoms with E-state index < -0.39 is 159 Å². The molecule has 0 radical (unpaired) electrons. The van der Waals surface area contributed by atoms with E-state index in [4.69, 9.17) is 5.11 Å². The molecule has 1 unspecified atom stereocenters. The average Bonchev–Trinajstić information content (AvgIpc) is 3.15. The Morgan fingerprint density at radius 1 is 0.559 bits per heavy atom. The maximum atomic E-state index is 13.5. The molecule has 0 spiro atoms. The molecular formula is C36H48N4O17S2. The summed E-state index contributed by atoms with van der Waals surface area (Å²) >= 11 is 0. The fourth-order valence-corrected chi connectivity index (χ4v) is 7.15. The van der Waals surface area contributed by atoms with Crippen LogP contribution in [0.25, 0.3) is 0 Å². The van der Waals surface area contributed by atoms with Gasteiger partial charge in [-0.2, -0.15) is 0 Å². The number of urea groups is 1. The highest BCUT2D eigenvalue weighted by molar-refractivity contribution is 8.76. The molecule has 0 bridgehead atoms. The second kappa shape index (κ2) is 27.1. The number of ketones is 2. The van der Waals surface area contributed by atoms with E-state index in [-0.39, 0.29) is 12.2 Å². The molecule has 0 saturated carbocycles. The van der Waals surface area contributed by atoms with Crippen LogP contribution in [-0.2, 0) is 54.4 Å². The van der Waals surface area contributed by atoms with Crippen molar-refractivity contribution in [1.82, 2.24) is 21.3 Å². The minimum Gasteiger partial charge on any atom is -0.481 e. The van der Waals surface area contributed by atoms with Gasteiger partial charge in [0.25, 0.3) is 0 Å². The van der Waals surface area contributed by atoms with Crippen LogP contribution in [0, 0.1) is 11.8 Å². The summed E-state index contributed by atoms with van der Waals surface area (Å²) in [6.45, 7) is 1.86. The molecule has 1 aromatic carbocycles. The number of hydrogen-bond acceptors (Lipinski definition) is 13. The molecule has 1 aromatic rings. The van der Waals surface area contributed by atoms with Gasteiger partial charge in [0.1, 0.15) is 23.9 Å². The maximum Gasteiger partial charge on any atom is 0.327 e. The lowest BCUT2D eigenvalue weighted by molar-refractivity contribution is -0.145. The monoisotopic (exact) mass is 872 g/mol. The van der Waals surface area contributed by atoms with Gasteiger partial charge < -0.3 is 51.9 Å². The van der Waals surface area contributed by atoms with Gasteiger partial charge in [0.05, 0.1) is 18.4 Å². The largest absolute Gasteiger partial charge is 0.481 e. The van der Waals surface area contributed by atoms with Crippen LogP contribution in [0.3, 0.4) is 0 Å². The molecule has 0 heterocycles. The van der Waals surface area contributed by atoms with Crippen LogP contribution in [0.5, 0.6) is 0 Å².